The molecule has 44 heavy (non-hydrogen) atoms. The van der Waals surface area contributed by atoms with E-state index in [4.69, 9.17) is 0 Å². The molecular formula is C32H30N2O8S2. The fourth-order valence-electron chi connectivity index (χ4n) is 5.69. The highest BCUT2D eigenvalue weighted by molar-refractivity contribution is 7.86. The first-order valence-electron chi connectivity index (χ1n) is 13.8. The standard InChI is InChI=1S/C32H30N2O8S2/c1-5-19-11-15-25(43(37,38)39)17(3)29(19)33-23-13-14-24(28-27(23)31(35)21-9-7-8-10-22(21)32(28)36)34-30-18(4)26(44(40,41)42)16-12-20(30)6-2/h7-16,33-34H,5-6H2,1-4H3,(H,37,38,39)(H,40,41,42). The number of ketones is 2. The van der Waals surface area contributed by atoms with E-state index in [-0.39, 0.29) is 54.5 Å². The molecule has 0 radical (unpaired) electrons. The molecular weight excluding hydrogens is 604 g/mol. The molecule has 0 aromatic heterocycles. The lowest BCUT2D eigenvalue weighted by atomic mass is 9.82. The third-order valence-electron chi connectivity index (χ3n) is 7.92. The maximum atomic E-state index is 14.0. The minimum absolute atomic E-state index is 0.0408. The van der Waals surface area contributed by atoms with Gasteiger partial charge in [-0.2, -0.15) is 16.8 Å². The Hall–Kier alpha value is -4.36. The van der Waals surface area contributed by atoms with Crippen LogP contribution >= 0.6 is 0 Å². The van der Waals surface area contributed by atoms with Crippen molar-refractivity contribution in [2.45, 2.75) is 50.3 Å². The Balaban J connectivity index is 1.76. The molecule has 0 saturated heterocycles. The van der Waals surface area contributed by atoms with Gasteiger partial charge in [0, 0.05) is 22.5 Å². The van der Waals surface area contributed by atoms with Crippen LogP contribution in [0.4, 0.5) is 22.7 Å². The first kappa shape index (κ1) is 31.1. The number of nitrogens with one attached hydrogen (secondary N) is 2. The van der Waals surface area contributed by atoms with Gasteiger partial charge in [0.2, 0.25) is 0 Å². The van der Waals surface area contributed by atoms with Crippen molar-refractivity contribution in [2.75, 3.05) is 10.6 Å². The topological polar surface area (TPSA) is 167 Å². The molecule has 4 aromatic carbocycles. The van der Waals surface area contributed by atoms with Gasteiger partial charge >= 0.3 is 0 Å². The predicted molar refractivity (Wildman–Crippen MR) is 167 cm³/mol. The summed E-state index contributed by atoms with van der Waals surface area (Å²) in [4.78, 5) is 27.5. The molecule has 0 atom stereocenters. The minimum Gasteiger partial charge on any atom is -0.354 e. The van der Waals surface area contributed by atoms with Crippen LogP contribution < -0.4 is 10.6 Å². The van der Waals surface area contributed by atoms with Crippen LogP contribution in [0.5, 0.6) is 0 Å². The van der Waals surface area contributed by atoms with E-state index in [0.717, 1.165) is 0 Å². The van der Waals surface area contributed by atoms with Gasteiger partial charge in [-0.15, -0.1) is 0 Å². The van der Waals surface area contributed by atoms with Gasteiger partial charge in [-0.05, 0) is 73.2 Å². The van der Waals surface area contributed by atoms with E-state index in [9.17, 15) is 35.5 Å². The second kappa shape index (κ2) is 11.3. The molecule has 0 amide bonds. The van der Waals surface area contributed by atoms with Crippen molar-refractivity contribution in [1.29, 1.82) is 0 Å². The SMILES string of the molecule is CCc1ccc(S(=O)(=O)O)c(C)c1Nc1ccc(Nc2c(CC)ccc(S(=O)(=O)O)c2C)c2c1C(=O)c1ccccc1C2=O. The van der Waals surface area contributed by atoms with Crippen molar-refractivity contribution < 1.29 is 35.5 Å². The molecule has 4 N–H and O–H groups in total. The average molecular weight is 635 g/mol. The lowest BCUT2D eigenvalue weighted by Gasteiger charge is -2.26. The molecule has 10 nitrogen and oxygen atoms in total. The summed E-state index contributed by atoms with van der Waals surface area (Å²) in [5.41, 5.74) is 3.60. The van der Waals surface area contributed by atoms with Crippen LogP contribution in [0.2, 0.25) is 0 Å². The fraction of sp³-hybridized carbons (Fsp3) is 0.188. The van der Waals surface area contributed by atoms with E-state index >= 15 is 0 Å². The molecule has 0 saturated carbocycles. The van der Waals surface area contributed by atoms with Gasteiger partial charge in [0.25, 0.3) is 20.2 Å². The van der Waals surface area contributed by atoms with E-state index in [1.54, 1.807) is 48.5 Å². The number of benzene rings is 4. The predicted octanol–water partition coefficient (Wildman–Crippen LogP) is 6.18. The number of hydrogen-bond acceptors (Lipinski definition) is 8. The maximum absolute atomic E-state index is 14.0. The number of rotatable bonds is 8. The van der Waals surface area contributed by atoms with E-state index in [1.807, 2.05) is 13.8 Å². The second-order valence-corrected chi connectivity index (χ2v) is 13.2. The molecule has 0 fully saturated rings. The van der Waals surface area contributed by atoms with Gasteiger partial charge in [-0.25, -0.2) is 0 Å². The Labute approximate surface area is 255 Å². The molecule has 1 aliphatic carbocycles. The van der Waals surface area contributed by atoms with Crippen LogP contribution in [-0.4, -0.2) is 37.5 Å². The molecule has 12 heteroatoms. The van der Waals surface area contributed by atoms with E-state index in [1.165, 1.54) is 26.0 Å². The third kappa shape index (κ3) is 5.30. The largest absolute Gasteiger partial charge is 0.354 e. The lowest BCUT2D eigenvalue weighted by Crippen LogP contribution is -2.24. The first-order valence-corrected chi connectivity index (χ1v) is 16.7. The van der Waals surface area contributed by atoms with Crippen molar-refractivity contribution in [3.63, 3.8) is 0 Å². The fourth-order valence-corrected chi connectivity index (χ4v) is 7.15. The summed E-state index contributed by atoms with van der Waals surface area (Å²) in [6.45, 7) is 6.81. The van der Waals surface area contributed by atoms with Crippen LogP contribution in [-0.2, 0) is 33.1 Å². The summed E-state index contributed by atoms with van der Waals surface area (Å²) in [6, 6.07) is 15.3. The number of anilines is 4. The Morgan fingerprint density at radius 2 is 0.955 bits per heavy atom. The quantitative estimate of drug-likeness (QED) is 0.145. The molecule has 5 rings (SSSR count). The van der Waals surface area contributed by atoms with Gasteiger partial charge in [0.05, 0.1) is 32.3 Å². The number of aryl methyl sites for hydroxylation is 2. The van der Waals surface area contributed by atoms with Gasteiger partial charge in [0.1, 0.15) is 0 Å². The second-order valence-electron chi connectivity index (χ2n) is 10.5. The summed E-state index contributed by atoms with van der Waals surface area (Å²) < 4.78 is 67.9. The number of carbonyl (C=O) groups is 2. The summed E-state index contributed by atoms with van der Waals surface area (Å²) in [5, 5.41) is 6.36. The highest BCUT2D eigenvalue weighted by atomic mass is 32.2. The zero-order chi connectivity index (χ0) is 32.1. The van der Waals surface area contributed by atoms with Crippen LogP contribution in [0.1, 0.15) is 67.9 Å². The summed E-state index contributed by atoms with van der Waals surface area (Å²) >= 11 is 0. The summed E-state index contributed by atoms with van der Waals surface area (Å²) in [7, 11) is -9.10. The average Bonchev–Trinajstić information content (AvgIpc) is 2.96. The zero-order valence-electron chi connectivity index (χ0n) is 24.3. The Kier molecular flexibility index (Phi) is 7.97. The van der Waals surface area contributed by atoms with Crippen LogP contribution in [0.3, 0.4) is 0 Å². The van der Waals surface area contributed by atoms with Crippen molar-refractivity contribution in [2.24, 2.45) is 0 Å². The van der Waals surface area contributed by atoms with Crippen molar-refractivity contribution >= 4 is 54.6 Å². The van der Waals surface area contributed by atoms with Gasteiger partial charge in [-0.1, -0.05) is 50.2 Å². The molecule has 0 bridgehead atoms. The van der Waals surface area contributed by atoms with Crippen LogP contribution in [0.25, 0.3) is 0 Å². The summed E-state index contributed by atoms with van der Waals surface area (Å²) in [6.07, 6.45) is 0.991. The van der Waals surface area contributed by atoms with Crippen molar-refractivity contribution in [3.05, 3.63) is 105 Å². The number of fused-ring (bicyclic) bond motifs is 2. The molecule has 228 valence electrons. The molecule has 0 aliphatic heterocycles. The highest BCUT2D eigenvalue weighted by Gasteiger charge is 2.35. The molecule has 0 spiro atoms. The van der Waals surface area contributed by atoms with Gasteiger partial charge in [0.15, 0.2) is 11.6 Å². The normalized spacial score (nSPS) is 13.0. The third-order valence-corrected chi connectivity index (χ3v) is 9.91. The number of carbonyl (C=O) groups excluding carboxylic acids is 2. The smallest absolute Gasteiger partial charge is 0.294 e. The zero-order valence-corrected chi connectivity index (χ0v) is 26.0. The molecule has 0 unspecified atom stereocenters. The minimum atomic E-state index is -4.55. The molecule has 1 aliphatic rings. The highest BCUT2D eigenvalue weighted by Crippen LogP contribution is 2.41. The van der Waals surface area contributed by atoms with Gasteiger partial charge in [-0.3, -0.25) is 18.7 Å². The molecule has 4 aromatic rings. The van der Waals surface area contributed by atoms with Crippen molar-refractivity contribution in [1.82, 2.24) is 0 Å². The Bertz CT molecular complexity index is 1950. The Morgan fingerprint density at radius 1 is 0.591 bits per heavy atom. The van der Waals surface area contributed by atoms with E-state index in [2.05, 4.69) is 10.6 Å². The van der Waals surface area contributed by atoms with E-state index in [0.29, 0.717) is 35.3 Å². The summed E-state index contributed by atoms with van der Waals surface area (Å²) in [5.74, 6) is -0.885. The maximum Gasteiger partial charge on any atom is 0.294 e. The van der Waals surface area contributed by atoms with Crippen LogP contribution in [0, 0.1) is 13.8 Å². The van der Waals surface area contributed by atoms with Gasteiger partial charge < -0.3 is 10.6 Å². The lowest BCUT2D eigenvalue weighted by molar-refractivity contribution is 0.0980. The van der Waals surface area contributed by atoms with Crippen LogP contribution in [0.15, 0.2) is 70.5 Å². The van der Waals surface area contributed by atoms with E-state index < -0.39 is 31.8 Å². The first-order chi connectivity index (χ1) is 20.7. The monoisotopic (exact) mass is 634 g/mol. The molecule has 0 heterocycles. The Morgan fingerprint density at radius 3 is 1.27 bits per heavy atom. The van der Waals surface area contributed by atoms with Crippen molar-refractivity contribution in [3.8, 4) is 0 Å². The number of hydrogen-bond donors (Lipinski definition) is 4.